The predicted molar refractivity (Wildman–Crippen MR) is 99.5 cm³/mol. The van der Waals surface area contributed by atoms with Gasteiger partial charge in [-0.1, -0.05) is 24.3 Å². The van der Waals surface area contributed by atoms with Crippen LogP contribution in [0.2, 0.25) is 0 Å². The maximum atomic E-state index is 12.6. The smallest absolute Gasteiger partial charge is 0.315 e. The van der Waals surface area contributed by atoms with Crippen LogP contribution in [0.4, 0.5) is 0 Å². The number of hydrogen-bond acceptors (Lipinski definition) is 5. The van der Waals surface area contributed by atoms with Gasteiger partial charge in [0.15, 0.2) is 5.58 Å². The highest BCUT2D eigenvalue weighted by molar-refractivity contribution is 5.97. The molecule has 1 heterocycles. The quantitative estimate of drug-likeness (QED) is 0.704. The Kier molecular flexibility index (Phi) is 4.62. The van der Waals surface area contributed by atoms with Gasteiger partial charge in [-0.15, -0.1) is 0 Å². The molecule has 6 heteroatoms. The Labute approximate surface area is 156 Å². The number of nitrogens with zero attached hydrogens (tertiary/aromatic N) is 1. The fraction of sp³-hybridized carbons (Fsp3) is 0.286. The number of nitrogens with one attached hydrogen (secondary N) is 1. The van der Waals surface area contributed by atoms with E-state index in [1.807, 2.05) is 12.1 Å². The second-order valence-corrected chi connectivity index (χ2v) is 6.62. The Bertz CT molecular complexity index is 983. The zero-order chi connectivity index (χ0) is 18.8. The third kappa shape index (κ3) is 3.69. The predicted octanol–water partition coefficient (Wildman–Crippen LogP) is 2.83. The van der Waals surface area contributed by atoms with Gasteiger partial charge in [0.2, 0.25) is 5.89 Å². The number of amides is 1. The average Bonchev–Trinajstić information content (AvgIpc) is 3.23. The van der Waals surface area contributed by atoms with Crippen LogP contribution in [-0.4, -0.2) is 29.5 Å². The van der Waals surface area contributed by atoms with Crippen LogP contribution in [0.3, 0.4) is 0 Å². The van der Waals surface area contributed by atoms with Gasteiger partial charge in [-0.25, -0.2) is 4.98 Å². The fourth-order valence-corrected chi connectivity index (χ4v) is 3.46. The van der Waals surface area contributed by atoms with Crippen molar-refractivity contribution in [3.8, 4) is 0 Å². The van der Waals surface area contributed by atoms with Crippen LogP contribution in [0.5, 0.6) is 0 Å². The van der Waals surface area contributed by atoms with Crippen molar-refractivity contribution in [2.24, 2.45) is 0 Å². The van der Waals surface area contributed by atoms with Crippen LogP contribution < -0.4 is 5.32 Å². The van der Waals surface area contributed by atoms with Gasteiger partial charge < -0.3 is 14.5 Å². The van der Waals surface area contributed by atoms with Crippen molar-refractivity contribution >= 4 is 23.0 Å². The Morgan fingerprint density at radius 3 is 2.63 bits per heavy atom. The van der Waals surface area contributed by atoms with E-state index in [2.05, 4.69) is 22.4 Å². The van der Waals surface area contributed by atoms with Crippen LogP contribution in [-0.2, 0) is 28.8 Å². The minimum atomic E-state index is -0.386. The maximum Gasteiger partial charge on any atom is 0.315 e. The zero-order valence-corrected chi connectivity index (χ0v) is 15.0. The first-order valence-electron chi connectivity index (χ1n) is 9.05. The summed E-state index contributed by atoms with van der Waals surface area (Å²) in [4.78, 5) is 28.5. The molecule has 2 aromatic carbocycles. The van der Waals surface area contributed by atoms with Crippen LogP contribution in [0, 0.1) is 0 Å². The molecule has 4 rings (SSSR count). The third-order valence-electron chi connectivity index (χ3n) is 4.68. The largest absolute Gasteiger partial charge is 0.466 e. The maximum absolute atomic E-state index is 12.6. The highest BCUT2D eigenvalue weighted by Crippen LogP contribution is 2.22. The third-order valence-corrected chi connectivity index (χ3v) is 4.68. The standard InChI is InChI=1S/C21H20N2O4/c1-2-26-20(24)12-19-23-17-11-15(7-8-18(17)27-19)21(25)22-16-9-13-5-3-4-6-14(13)10-16/h3-8,11,16H,2,9-10,12H2,1H3,(H,22,25). The van der Waals surface area contributed by atoms with Gasteiger partial charge in [-0.3, -0.25) is 9.59 Å². The van der Waals surface area contributed by atoms with Crippen molar-refractivity contribution in [3.05, 3.63) is 65.0 Å². The molecule has 1 aliphatic carbocycles. The number of esters is 1. The zero-order valence-electron chi connectivity index (χ0n) is 15.0. The molecule has 1 N–H and O–H groups in total. The molecular weight excluding hydrogens is 344 g/mol. The Balaban J connectivity index is 1.45. The number of carbonyl (C=O) groups is 2. The summed E-state index contributed by atoms with van der Waals surface area (Å²) in [5, 5.41) is 3.09. The van der Waals surface area contributed by atoms with E-state index >= 15 is 0 Å². The monoisotopic (exact) mass is 364 g/mol. The van der Waals surface area contributed by atoms with Gasteiger partial charge in [0.1, 0.15) is 11.9 Å². The van der Waals surface area contributed by atoms with Crippen LogP contribution in [0.15, 0.2) is 46.9 Å². The summed E-state index contributed by atoms with van der Waals surface area (Å²) in [6.07, 6.45) is 1.67. The van der Waals surface area contributed by atoms with Gasteiger partial charge in [0, 0.05) is 11.6 Å². The van der Waals surface area contributed by atoms with Crippen LogP contribution >= 0.6 is 0 Å². The summed E-state index contributed by atoms with van der Waals surface area (Å²) in [6.45, 7) is 2.06. The molecule has 0 fully saturated rings. The molecule has 6 nitrogen and oxygen atoms in total. The summed E-state index contributed by atoms with van der Waals surface area (Å²) in [6, 6.07) is 13.5. The molecule has 0 spiro atoms. The number of rotatable bonds is 5. The molecule has 0 aliphatic heterocycles. The van der Waals surface area contributed by atoms with Crippen molar-refractivity contribution in [1.82, 2.24) is 10.3 Å². The SMILES string of the molecule is CCOC(=O)Cc1nc2cc(C(=O)NC3Cc4ccccc4C3)ccc2o1. The van der Waals surface area contributed by atoms with Crippen LogP contribution in [0.1, 0.15) is 34.3 Å². The van der Waals surface area contributed by atoms with Gasteiger partial charge in [0.05, 0.1) is 6.61 Å². The summed E-state index contributed by atoms with van der Waals surface area (Å²) in [5.41, 5.74) is 4.20. The van der Waals surface area contributed by atoms with E-state index in [9.17, 15) is 9.59 Å². The van der Waals surface area contributed by atoms with Crippen molar-refractivity contribution in [2.45, 2.75) is 32.2 Å². The van der Waals surface area contributed by atoms with Crippen molar-refractivity contribution < 1.29 is 18.7 Å². The summed E-state index contributed by atoms with van der Waals surface area (Å²) >= 11 is 0. The molecule has 0 bridgehead atoms. The van der Waals surface area contributed by atoms with Crippen molar-refractivity contribution in [1.29, 1.82) is 0 Å². The highest BCUT2D eigenvalue weighted by Gasteiger charge is 2.23. The molecule has 3 aromatic rings. The Hall–Kier alpha value is -3.15. The number of ether oxygens (including phenoxy) is 1. The van der Waals surface area contributed by atoms with Gasteiger partial charge in [0.25, 0.3) is 5.91 Å². The number of aromatic nitrogens is 1. The van der Waals surface area contributed by atoms with E-state index in [0.717, 1.165) is 12.8 Å². The molecule has 0 saturated carbocycles. The number of hydrogen-bond donors (Lipinski definition) is 1. The van der Waals surface area contributed by atoms with E-state index in [-0.39, 0.29) is 30.2 Å². The molecule has 1 aliphatic rings. The minimum absolute atomic E-state index is 0.0234. The molecular formula is C21H20N2O4. The van der Waals surface area contributed by atoms with Gasteiger partial charge >= 0.3 is 5.97 Å². The molecule has 27 heavy (non-hydrogen) atoms. The molecule has 0 unspecified atom stereocenters. The van der Waals surface area contributed by atoms with E-state index in [4.69, 9.17) is 9.15 Å². The molecule has 0 radical (unpaired) electrons. The lowest BCUT2D eigenvalue weighted by atomic mass is 10.1. The minimum Gasteiger partial charge on any atom is -0.466 e. The van der Waals surface area contributed by atoms with E-state index in [1.54, 1.807) is 25.1 Å². The van der Waals surface area contributed by atoms with Crippen molar-refractivity contribution in [2.75, 3.05) is 6.61 Å². The molecule has 0 saturated heterocycles. The lowest BCUT2D eigenvalue weighted by Gasteiger charge is -2.11. The molecule has 138 valence electrons. The average molecular weight is 364 g/mol. The first-order chi connectivity index (χ1) is 13.1. The Morgan fingerprint density at radius 1 is 1.19 bits per heavy atom. The highest BCUT2D eigenvalue weighted by atomic mass is 16.5. The first kappa shape index (κ1) is 17.3. The Morgan fingerprint density at radius 2 is 1.93 bits per heavy atom. The summed E-state index contributed by atoms with van der Waals surface area (Å²) < 4.78 is 10.5. The van der Waals surface area contributed by atoms with Gasteiger partial charge in [-0.2, -0.15) is 0 Å². The second kappa shape index (κ2) is 7.23. The number of carbonyl (C=O) groups excluding carboxylic acids is 2. The normalized spacial score (nSPS) is 13.5. The number of fused-ring (bicyclic) bond motifs is 2. The second-order valence-electron chi connectivity index (χ2n) is 6.62. The molecule has 1 amide bonds. The number of oxazole rings is 1. The summed E-state index contributed by atoms with van der Waals surface area (Å²) in [7, 11) is 0. The van der Waals surface area contributed by atoms with E-state index in [1.165, 1.54) is 11.1 Å². The fourth-order valence-electron chi connectivity index (χ4n) is 3.46. The van der Waals surface area contributed by atoms with E-state index < -0.39 is 0 Å². The topological polar surface area (TPSA) is 81.4 Å². The number of benzene rings is 2. The van der Waals surface area contributed by atoms with Gasteiger partial charge in [-0.05, 0) is 49.1 Å². The lowest BCUT2D eigenvalue weighted by molar-refractivity contribution is -0.142. The molecule has 0 atom stereocenters. The molecule has 1 aromatic heterocycles. The lowest BCUT2D eigenvalue weighted by Crippen LogP contribution is -2.35. The summed E-state index contributed by atoms with van der Waals surface area (Å²) in [5.74, 6) is -0.236. The van der Waals surface area contributed by atoms with Crippen molar-refractivity contribution in [3.63, 3.8) is 0 Å². The van der Waals surface area contributed by atoms with E-state index in [0.29, 0.717) is 23.3 Å². The van der Waals surface area contributed by atoms with Crippen LogP contribution in [0.25, 0.3) is 11.1 Å². The first-order valence-corrected chi connectivity index (χ1v) is 9.05.